The highest BCUT2D eigenvalue weighted by Gasteiger charge is 2.47. The van der Waals surface area contributed by atoms with Crippen molar-refractivity contribution in [3.05, 3.63) is 0 Å². The molecule has 2 unspecified atom stereocenters. The first-order valence-corrected chi connectivity index (χ1v) is 6.44. The van der Waals surface area contributed by atoms with Crippen molar-refractivity contribution in [2.45, 2.75) is 63.8 Å². The van der Waals surface area contributed by atoms with E-state index in [1.54, 1.807) is 0 Å². The van der Waals surface area contributed by atoms with Gasteiger partial charge in [-0.3, -0.25) is 0 Å². The van der Waals surface area contributed by atoms with Crippen LogP contribution in [0.5, 0.6) is 0 Å². The molecule has 1 N–H and O–H groups in total. The molecule has 0 aromatic rings. The highest BCUT2D eigenvalue weighted by molar-refractivity contribution is 4.99. The maximum absolute atomic E-state index is 6.36. The second-order valence-corrected chi connectivity index (χ2v) is 6.23. The summed E-state index contributed by atoms with van der Waals surface area (Å²) in [6, 6.07) is 0. The maximum Gasteiger partial charge on any atom is 0.0863 e. The minimum Gasteiger partial charge on any atom is -0.375 e. The van der Waals surface area contributed by atoms with Gasteiger partial charge >= 0.3 is 0 Å². The standard InChI is InChI=1S/C13H25NO2/c1-5-12(4)8-13(6-7-15-12)10-14-9-11(2,3)16-13/h14H,5-10H2,1-4H3. The first kappa shape index (κ1) is 12.3. The third-order valence-corrected chi connectivity index (χ3v) is 3.94. The van der Waals surface area contributed by atoms with Crippen molar-refractivity contribution in [3.8, 4) is 0 Å². The molecular weight excluding hydrogens is 202 g/mol. The highest BCUT2D eigenvalue weighted by atomic mass is 16.5. The van der Waals surface area contributed by atoms with E-state index in [0.29, 0.717) is 0 Å². The van der Waals surface area contributed by atoms with E-state index in [1.165, 1.54) is 0 Å². The fraction of sp³-hybridized carbons (Fsp3) is 1.00. The maximum atomic E-state index is 6.36. The van der Waals surface area contributed by atoms with Gasteiger partial charge in [-0.05, 0) is 27.2 Å². The van der Waals surface area contributed by atoms with Gasteiger partial charge in [-0.25, -0.2) is 0 Å². The molecule has 0 aromatic heterocycles. The smallest absolute Gasteiger partial charge is 0.0863 e. The van der Waals surface area contributed by atoms with E-state index in [4.69, 9.17) is 9.47 Å². The first-order valence-electron chi connectivity index (χ1n) is 6.44. The van der Waals surface area contributed by atoms with Crippen LogP contribution in [-0.2, 0) is 9.47 Å². The van der Waals surface area contributed by atoms with Crippen LogP contribution in [-0.4, -0.2) is 36.5 Å². The van der Waals surface area contributed by atoms with Crippen LogP contribution in [0.2, 0.25) is 0 Å². The van der Waals surface area contributed by atoms with E-state index in [2.05, 4.69) is 33.0 Å². The van der Waals surface area contributed by atoms with Crippen molar-refractivity contribution in [1.29, 1.82) is 0 Å². The monoisotopic (exact) mass is 227 g/mol. The summed E-state index contributed by atoms with van der Waals surface area (Å²) in [6.07, 6.45) is 3.07. The van der Waals surface area contributed by atoms with Crippen molar-refractivity contribution in [2.24, 2.45) is 0 Å². The Morgan fingerprint density at radius 2 is 1.94 bits per heavy atom. The molecule has 2 heterocycles. The molecule has 0 aromatic carbocycles. The van der Waals surface area contributed by atoms with Crippen LogP contribution in [0.15, 0.2) is 0 Å². The lowest BCUT2D eigenvalue weighted by atomic mass is 9.80. The van der Waals surface area contributed by atoms with Crippen molar-refractivity contribution in [1.82, 2.24) is 5.32 Å². The van der Waals surface area contributed by atoms with Crippen molar-refractivity contribution >= 4 is 0 Å². The van der Waals surface area contributed by atoms with Gasteiger partial charge in [0.05, 0.1) is 23.4 Å². The Bertz CT molecular complexity index is 263. The summed E-state index contributed by atoms with van der Waals surface area (Å²) in [6.45, 7) is 11.5. The summed E-state index contributed by atoms with van der Waals surface area (Å²) in [7, 11) is 0. The summed E-state index contributed by atoms with van der Waals surface area (Å²) < 4.78 is 12.3. The predicted molar refractivity (Wildman–Crippen MR) is 64.6 cm³/mol. The van der Waals surface area contributed by atoms with E-state index >= 15 is 0 Å². The Balaban J connectivity index is 2.12. The number of rotatable bonds is 1. The third kappa shape index (κ3) is 2.41. The number of hydrogen-bond acceptors (Lipinski definition) is 3. The molecule has 3 heteroatoms. The summed E-state index contributed by atoms with van der Waals surface area (Å²) in [4.78, 5) is 0. The largest absolute Gasteiger partial charge is 0.375 e. The van der Waals surface area contributed by atoms with Gasteiger partial charge in [-0.15, -0.1) is 0 Å². The quantitative estimate of drug-likeness (QED) is 0.744. The fourth-order valence-corrected chi connectivity index (χ4v) is 3.02. The minimum absolute atomic E-state index is 0.00660. The van der Waals surface area contributed by atoms with Crippen LogP contribution >= 0.6 is 0 Å². The summed E-state index contributed by atoms with van der Waals surface area (Å²) in [5, 5.41) is 3.52. The van der Waals surface area contributed by atoms with Gasteiger partial charge in [0.25, 0.3) is 0 Å². The Morgan fingerprint density at radius 3 is 2.56 bits per heavy atom. The topological polar surface area (TPSA) is 30.5 Å². The van der Waals surface area contributed by atoms with Crippen LogP contribution in [0.25, 0.3) is 0 Å². The van der Waals surface area contributed by atoms with Crippen LogP contribution in [0.1, 0.15) is 47.0 Å². The molecule has 2 atom stereocenters. The number of hydrogen-bond donors (Lipinski definition) is 1. The highest BCUT2D eigenvalue weighted by Crippen LogP contribution is 2.40. The molecule has 2 saturated heterocycles. The van der Waals surface area contributed by atoms with Crippen molar-refractivity contribution in [3.63, 3.8) is 0 Å². The number of morpholine rings is 1. The second kappa shape index (κ2) is 3.97. The molecule has 0 amide bonds. The Morgan fingerprint density at radius 1 is 1.19 bits per heavy atom. The van der Waals surface area contributed by atoms with Crippen LogP contribution in [0, 0.1) is 0 Å². The van der Waals surface area contributed by atoms with Gasteiger partial charge in [0.1, 0.15) is 0 Å². The molecular formula is C13H25NO2. The van der Waals surface area contributed by atoms with Crippen LogP contribution in [0.3, 0.4) is 0 Å². The molecule has 2 rings (SSSR count). The molecule has 3 nitrogen and oxygen atoms in total. The molecule has 0 bridgehead atoms. The van der Waals surface area contributed by atoms with Gasteiger partial charge in [-0.2, -0.15) is 0 Å². The zero-order valence-electron chi connectivity index (χ0n) is 11.1. The van der Waals surface area contributed by atoms with Gasteiger partial charge in [-0.1, -0.05) is 6.92 Å². The molecule has 0 radical (unpaired) electrons. The van der Waals surface area contributed by atoms with Crippen molar-refractivity contribution in [2.75, 3.05) is 19.7 Å². The molecule has 2 fully saturated rings. The zero-order valence-corrected chi connectivity index (χ0v) is 11.1. The van der Waals surface area contributed by atoms with E-state index < -0.39 is 0 Å². The van der Waals surface area contributed by atoms with E-state index in [-0.39, 0.29) is 16.8 Å². The lowest BCUT2D eigenvalue weighted by Crippen LogP contribution is -2.62. The average molecular weight is 227 g/mol. The molecule has 0 aliphatic carbocycles. The number of ether oxygens (including phenoxy) is 2. The molecule has 2 aliphatic heterocycles. The first-order chi connectivity index (χ1) is 7.39. The Labute approximate surface area is 98.9 Å². The summed E-state index contributed by atoms with van der Waals surface area (Å²) in [5.74, 6) is 0. The lowest BCUT2D eigenvalue weighted by molar-refractivity contribution is -0.229. The zero-order chi connectivity index (χ0) is 11.9. The van der Waals surface area contributed by atoms with E-state index in [1.807, 2.05) is 0 Å². The Hall–Kier alpha value is -0.120. The average Bonchev–Trinajstić information content (AvgIpc) is 2.15. The van der Waals surface area contributed by atoms with Crippen LogP contribution < -0.4 is 5.32 Å². The Kier molecular flexibility index (Phi) is 3.06. The van der Waals surface area contributed by atoms with Crippen LogP contribution in [0.4, 0.5) is 0 Å². The molecule has 94 valence electrons. The predicted octanol–water partition coefficient (Wildman–Crippen LogP) is 2.10. The van der Waals surface area contributed by atoms with Gasteiger partial charge < -0.3 is 14.8 Å². The molecule has 0 saturated carbocycles. The van der Waals surface area contributed by atoms with Gasteiger partial charge in [0.15, 0.2) is 0 Å². The van der Waals surface area contributed by atoms with Crippen molar-refractivity contribution < 1.29 is 9.47 Å². The van der Waals surface area contributed by atoms with E-state index in [9.17, 15) is 0 Å². The SMILES string of the molecule is CCC1(C)CC2(CCO1)CNCC(C)(C)O2. The summed E-state index contributed by atoms with van der Waals surface area (Å²) >= 11 is 0. The van der Waals surface area contributed by atoms with Gasteiger partial charge in [0, 0.05) is 25.9 Å². The molecule has 1 spiro atoms. The normalized spacial score (nSPS) is 43.5. The second-order valence-electron chi connectivity index (χ2n) is 6.23. The minimum atomic E-state index is -0.0513. The van der Waals surface area contributed by atoms with Gasteiger partial charge in [0.2, 0.25) is 0 Å². The molecule has 16 heavy (non-hydrogen) atoms. The third-order valence-electron chi connectivity index (χ3n) is 3.94. The number of nitrogens with one attached hydrogen (secondary N) is 1. The van der Waals surface area contributed by atoms with E-state index in [0.717, 1.165) is 39.0 Å². The lowest BCUT2D eigenvalue weighted by Gasteiger charge is -2.52. The summed E-state index contributed by atoms with van der Waals surface area (Å²) in [5.41, 5.74) is -0.0671. The fourth-order valence-electron chi connectivity index (χ4n) is 3.02. The molecule has 2 aliphatic rings.